The van der Waals surface area contributed by atoms with Crippen molar-refractivity contribution in [1.29, 1.82) is 0 Å². The fourth-order valence-electron chi connectivity index (χ4n) is 2.55. The fourth-order valence-corrected chi connectivity index (χ4v) is 3.59. The Morgan fingerprint density at radius 2 is 1.76 bits per heavy atom. The van der Waals surface area contributed by atoms with E-state index in [1.807, 2.05) is 18.8 Å². The lowest BCUT2D eigenvalue weighted by atomic mass is 10.1. The standard InChI is InChI=1S/C18H20N2S/c1-12-5-7-17(14(8-12)10-19-3)21-18-11-20-16-9-13(2)4-6-15(16)18/h4-9,11,19-20H,10H2,1-3H3. The van der Waals surface area contributed by atoms with Crippen LogP contribution in [0.2, 0.25) is 0 Å². The SMILES string of the molecule is CNCc1cc(C)ccc1Sc1c[nH]c2cc(C)ccc12. The van der Waals surface area contributed by atoms with Crippen molar-refractivity contribution in [3.8, 4) is 0 Å². The third-order valence-electron chi connectivity index (χ3n) is 3.60. The molecule has 108 valence electrons. The lowest BCUT2D eigenvalue weighted by Crippen LogP contribution is -2.06. The summed E-state index contributed by atoms with van der Waals surface area (Å²) in [6, 6.07) is 13.2. The highest BCUT2D eigenvalue weighted by Crippen LogP contribution is 2.36. The van der Waals surface area contributed by atoms with Crippen LogP contribution >= 0.6 is 11.8 Å². The molecule has 0 atom stereocenters. The van der Waals surface area contributed by atoms with Crippen LogP contribution in [-0.4, -0.2) is 12.0 Å². The van der Waals surface area contributed by atoms with Gasteiger partial charge in [-0.2, -0.15) is 0 Å². The molecule has 2 N–H and O–H groups in total. The van der Waals surface area contributed by atoms with E-state index < -0.39 is 0 Å². The predicted molar refractivity (Wildman–Crippen MR) is 91.1 cm³/mol. The minimum Gasteiger partial charge on any atom is -0.360 e. The first-order chi connectivity index (χ1) is 10.2. The van der Waals surface area contributed by atoms with Gasteiger partial charge in [-0.25, -0.2) is 0 Å². The average molecular weight is 296 g/mol. The molecule has 0 amide bonds. The van der Waals surface area contributed by atoms with Crippen molar-refractivity contribution in [3.63, 3.8) is 0 Å². The number of aromatic nitrogens is 1. The molecule has 0 bridgehead atoms. The maximum absolute atomic E-state index is 3.38. The summed E-state index contributed by atoms with van der Waals surface area (Å²) < 4.78 is 0. The van der Waals surface area contributed by atoms with Crippen LogP contribution in [0.3, 0.4) is 0 Å². The number of aryl methyl sites for hydroxylation is 2. The Bertz CT molecular complexity index is 774. The first-order valence-corrected chi connectivity index (χ1v) is 7.99. The van der Waals surface area contributed by atoms with Crippen molar-refractivity contribution in [2.75, 3.05) is 7.05 Å². The molecule has 2 nitrogen and oxygen atoms in total. The second-order valence-corrected chi connectivity index (χ2v) is 6.53. The summed E-state index contributed by atoms with van der Waals surface area (Å²) >= 11 is 1.83. The van der Waals surface area contributed by atoms with Crippen molar-refractivity contribution in [1.82, 2.24) is 10.3 Å². The predicted octanol–water partition coefficient (Wildman–Crippen LogP) is 4.66. The average Bonchev–Trinajstić information content (AvgIpc) is 2.84. The zero-order chi connectivity index (χ0) is 14.8. The zero-order valence-electron chi connectivity index (χ0n) is 12.7. The summed E-state index contributed by atoms with van der Waals surface area (Å²) in [4.78, 5) is 5.98. The Labute approximate surface area is 130 Å². The molecular formula is C18H20N2S. The molecule has 2 aromatic carbocycles. The molecule has 0 aliphatic heterocycles. The highest BCUT2D eigenvalue weighted by atomic mass is 32.2. The second-order valence-electron chi connectivity index (χ2n) is 5.45. The fraction of sp³-hybridized carbons (Fsp3) is 0.222. The minimum atomic E-state index is 0.894. The molecular weight excluding hydrogens is 276 g/mol. The van der Waals surface area contributed by atoms with Crippen LogP contribution in [0.4, 0.5) is 0 Å². The molecule has 0 radical (unpaired) electrons. The topological polar surface area (TPSA) is 27.8 Å². The number of hydrogen-bond donors (Lipinski definition) is 2. The number of fused-ring (bicyclic) bond motifs is 1. The molecule has 0 saturated carbocycles. The second kappa shape index (κ2) is 5.96. The highest BCUT2D eigenvalue weighted by molar-refractivity contribution is 7.99. The maximum Gasteiger partial charge on any atom is 0.0468 e. The smallest absolute Gasteiger partial charge is 0.0468 e. The number of rotatable bonds is 4. The largest absolute Gasteiger partial charge is 0.360 e. The van der Waals surface area contributed by atoms with E-state index in [9.17, 15) is 0 Å². The summed E-state index contributed by atoms with van der Waals surface area (Å²) in [5, 5.41) is 4.55. The van der Waals surface area contributed by atoms with Gasteiger partial charge in [0.25, 0.3) is 0 Å². The number of H-pyrrole nitrogens is 1. The summed E-state index contributed by atoms with van der Waals surface area (Å²) in [5.41, 5.74) is 5.15. The molecule has 0 aliphatic rings. The first kappa shape index (κ1) is 14.2. The van der Waals surface area contributed by atoms with Crippen molar-refractivity contribution in [2.24, 2.45) is 0 Å². The first-order valence-electron chi connectivity index (χ1n) is 7.17. The highest BCUT2D eigenvalue weighted by Gasteiger charge is 2.09. The lowest BCUT2D eigenvalue weighted by Gasteiger charge is -2.09. The van der Waals surface area contributed by atoms with Crippen LogP contribution in [0.1, 0.15) is 16.7 Å². The van der Waals surface area contributed by atoms with Crippen LogP contribution in [0.5, 0.6) is 0 Å². The third kappa shape index (κ3) is 2.99. The van der Waals surface area contributed by atoms with Gasteiger partial charge in [0.2, 0.25) is 0 Å². The van der Waals surface area contributed by atoms with Gasteiger partial charge in [-0.05, 0) is 44.2 Å². The van der Waals surface area contributed by atoms with Gasteiger partial charge >= 0.3 is 0 Å². The molecule has 21 heavy (non-hydrogen) atoms. The van der Waals surface area contributed by atoms with E-state index in [1.165, 1.54) is 37.4 Å². The molecule has 0 spiro atoms. The third-order valence-corrected chi connectivity index (χ3v) is 4.78. The minimum absolute atomic E-state index is 0.894. The van der Waals surface area contributed by atoms with Crippen molar-refractivity contribution < 1.29 is 0 Å². The normalized spacial score (nSPS) is 11.2. The molecule has 3 rings (SSSR count). The summed E-state index contributed by atoms with van der Waals surface area (Å²) in [6.45, 7) is 5.16. The molecule has 0 aliphatic carbocycles. The van der Waals surface area contributed by atoms with E-state index >= 15 is 0 Å². The van der Waals surface area contributed by atoms with E-state index in [2.05, 4.69) is 66.7 Å². The van der Waals surface area contributed by atoms with Crippen LogP contribution in [0, 0.1) is 13.8 Å². The zero-order valence-corrected chi connectivity index (χ0v) is 13.5. The molecule has 0 unspecified atom stereocenters. The van der Waals surface area contributed by atoms with Gasteiger partial charge in [-0.3, -0.25) is 0 Å². The molecule has 0 saturated heterocycles. The Kier molecular flexibility index (Phi) is 4.04. The number of aromatic amines is 1. The van der Waals surface area contributed by atoms with Crippen LogP contribution in [0.25, 0.3) is 10.9 Å². The van der Waals surface area contributed by atoms with E-state index in [1.54, 1.807) is 0 Å². The van der Waals surface area contributed by atoms with E-state index in [4.69, 9.17) is 0 Å². The van der Waals surface area contributed by atoms with Crippen molar-refractivity contribution in [2.45, 2.75) is 30.2 Å². The quantitative estimate of drug-likeness (QED) is 0.733. The summed E-state index contributed by atoms with van der Waals surface area (Å²) in [7, 11) is 1.99. The summed E-state index contributed by atoms with van der Waals surface area (Å²) in [6.07, 6.45) is 2.11. The van der Waals surface area contributed by atoms with E-state index in [0.717, 1.165) is 6.54 Å². The molecule has 3 heteroatoms. The van der Waals surface area contributed by atoms with Crippen molar-refractivity contribution >= 4 is 22.7 Å². The monoisotopic (exact) mass is 296 g/mol. The van der Waals surface area contributed by atoms with Gasteiger partial charge < -0.3 is 10.3 Å². The number of nitrogens with one attached hydrogen (secondary N) is 2. The molecule has 1 aromatic heterocycles. The van der Waals surface area contributed by atoms with Gasteiger partial charge in [0.15, 0.2) is 0 Å². The number of benzene rings is 2. The Morgan fingerprint density at radius 3 is 2.57 bits per heavy atom. The van der Waals surface area contributed by atoms with Gasteiger partial charge in [0, 0.05) is 33.4 Å². The van der Waals surface area contributed by atoms with E-state index in [-0.39, 0.29) is 0 Å². The molecule has 0 fully saturated rings. The van der Waals surface area contributed by atoms with Crippen LogP contribution < -0.4 is 5.32 Å². The van der Waals surface area contributed by atoms with E-state index in [0.29, 0.717) is 0 Å². The Morgan fingerprint density at radius 1 is 1.00 bits per heavy atom. The number of hydrogen-bond acceptors (Lipinski definition) is 2. The van der Waals surface area contributed by atoms with Gasteiger partial charge in [-0.1, -0.05) is 41.6 Å². The molecule has 3 aromatic rings. The molecule has 1 heterocycles. The maximum atomic E-state index is 3.38. The Balaban J connectivity index is 1.98. The van der Waals surface area contributed by atoms with Gasteiger partial charge in [0.05, 0.1) is 0 Å². The van der Waals surface area contributed by atoms with Crippen LogP contribution in [-0.2, 0) is 6.54 Å². The van der Waals surface area contributed by atoms with Gasteiger partial charge in [-0.15, -0.1) is 0 Å². The van der Waals surface area contributed by atoms with Crippen molar-refractivity contribution in [3.05, 3.63) is 59.3 Å². The Hall–Kier alpha value is -1.71. The lowest BCUT2D eigenvalue weighted by molar-refractivity contribution is 0.802. The summed E-state index contributed by atoms with van der Waals surface area (Å²) in [5.74, 6) is 0. The van der Waals surface area contributed by atoms with Gasteiger partial charge in [0.1, 0.15) is 0 Å². The van der Waals surface area contributed by atoms with Crippen LogP contribution in [0.15, 0.2) is 52.4 Å².